The Hall–Kier alpha value is -0.770. The maximum absolute atomic E-state index is 6.35. The lowest BCUT2D eigenvalue weighted by Crippen LogP contribution is -2.21. The van der Waals surface area contributed by atoms with Crippen molar-refractivity contribution in [1.82, 2.24) is 9.55 Å². The Morgan fingerprint density at radius 3 is 3.05 bits per heavy atom. The third-order valence-corrected chi connectivity index (χ3v) is 4.63. The van der Waals surface area contributed by atoms with Crippen LogP contribution >= 0.6 is 23.2 Å². The fraction of sp³-hybridized carbons (Fsp3) is 0.533. The SMILES string of the molecule is CCC1OCCC1Cn1c(CCl)nc2cccc(Cl)c21. The zero-order chi connectivity index (χ0) is 14.1. The number of alkyl halides is 1. The highest BCUT2D eigenvalue weighted by Gasteiger charge is 2.28. The minimum Gasteiger partial charge on any atom is -0.378 e. The van der Waals surface area contributed by atoms with E-state index < -0.39 is 0 Å². The molecule has 1 saturated heterocycles. The molecule has 108 valence electrons. The van der Waals surface area contributed by atoms with Gasteiger partial charge in [-0.1, -0.05) is 24.6 Å². The van der Waals surface area contributed by atoms with Gasteiger partial charge in [0.05, 0.1) is 28.0 Å². The van der Waals surface area contributed by atoms with Gasteiger partial charge >= 0.3 is 0 Å². The van der Waals surface area contributed by atoms with E-state index in [1.165, 1.54) is 0 Å². The molecule has 2 heterocycles. The Balaban J connectivity index is 2.01. The van der Waals surface area contributed by atoms with Crippen LogP contribution in [0.5, 0.6) is 0 Å². The van der Waals surface area contributed by atoms with Gasteiger partial charge in [-0.05, 0) is 25.0 Å². The number of nitrogens with zero attached hydrogens (tertiary/aromatic N) is 2. The van der Waals surface area contributed by atoms with E-state index in [4.69, 9.17) is 27.9 Å². The van der Waals surface area contributed by atoms with Crippen LogP contribution in [-0.4, -0.2) is 22.3 Å². The van der Waals surface area contributed by atoms with Crippen molar-refractivity contribution in [2.45, 2.75) is 38.3 Å². The van der Waals surface area contributed by atoms with Crippen LogP contribution in [-0.2, 0) is 17.2 Å². The maximum Gasteiger partial charge on any atom is 0.124 e. The molecule has 1 aliphatic rings. The largest absolute Gasteiger partial charge is 0.378 e. The number of rotatable bonds is 4. The Morgan fingerprint density at radius 2 is 2.30 bits per heavy atom. The van der Waals surface area contributed by atoms with Crippen molar-refractivity contribution in [1.29, 1.82) is 0 Å². The first-order valence-corrected chi connectivity index (χ1v) is 7.97. The van der Waals surface area contributed by atoms with Gasteiger partial charge in [0.25, 0.3) is 0 Å². The molecule has 2 unspecified atom stereocenters. The quantitative estimate of drug-likeness (QED) is 0.789. The van der Waals surface area contributed by atoms with Gasteiger partial charge in [0.2, 0.25) is 0 Å². The molecule has 3 rings (SSSR count). The van der Waals surface area contributed by atoms with Crippen LogP contribution in [0.25, 0.3) is 11.0 Å². The summed E-state index contributed by atoms with van der Waals surface area (Å²) in [6, 6.07) is 5.81. The summed E-state index contributed by atoms with van der Waals surface area (Å²) in [5, 5.41) is 0.735. The summed E-state index contributed by atoms with van der Waals surface area (Å²) in [6.45, 7) is 3.89. The predicted octanol–water partition coefficient (Wildman–Crippen LogP) is 4.24. The molecule has 0 radical (unpaired) electrons. The Labute approximate surface area is 128 Å². The molecule has 1 fully saturated rings. The van der Waals surface area contributed by atoms with Crippen molar-refractivity contribution in [2.24, 2.45) is 5.92 Å². The first-order chi connectivity index (χ1) is 9.74. The molecule has 0 N–H and O–H groups in total. The van der Waals surface area contributed by atoms with Crippen LogP contribution in [0, 0.1) is 5.92 Å². The van der Waals surface area contributed by atoms with Crippen LogP contribution in [0.15, 0.2) is 18.2 Å². The van der Waals surface area contributed by atoms with Crippen LogP contribution in [0.4, 0.5) is 0 Å². The molecule has 2 aromatic rings. The lowest BCUT2D eigenvalue weighted by molar-refractivity contribution is 0.0836. The zero-order valence-corrected chi connectivity index (χ0v) is 13.0. The fourth-order valence-corrected chi connectivity index (χ4v) is 3.55. The molecule has 1 aromatic carbocycles. The third-order valence-electron chi connectivity index (χ3n) is 4.08. The molecule has 0 amide bonds. The van der Waals surface area contributed by atoms with Crippen molar-refractivity contribution >= 4 is 34.2 Å². The molecule has 0 aliphatic carbocycles. The molecular formula is C15H18Cl2N2O. The van der Waals surface area contributed by atoms with Crippen molar-refractivity contribution in [3.63, 3.8) is 0 Å². The molecule has 0 spiro atoms. The summed E-state index contributed by atoms with van der Waals surface area (Å²) < 4.78 is 7.95. The minimum atomic E-state index is 0.332. The highest BCUT2D eigenvalue weighted by Crippen LogP contribution is 2.30. The number of halogens is 2. The van der Waals surface area contributed by atoms with Gasteiger partial charge in [-0.2, -0.15) is 0 Å². The average Bonchev–Trinajstić information content (AvgIpc) is 3.04. The van der Waals surface area contributed by atoms with E-state index >= 15 is 0 Å². The summed E-state index contributed by atoms with van der Waals surface area (Å²) >= 11 is 12.4. The molecule has 5 heteroatoms. The lowest BCUT2D eigenvalue weighted by atomic mass is 9.99. The molecule has 0 saturated carbocycles. The lowest BCUT2D eigenvalue weighted by Gasteiger charge is -2.19. The maximum atomic E-state index is 6.35. The van der Waals surface area contributed by atoms with E-state index in [1.807, 2.05) is 18.2 Å². The van der Waals surface area contributed by atoms with E-state index in [0.29, 0.717) is 17.9 Å². The van der Waals surface area contributed by atoms with Gasteiger partial charge in [-0.25, -0.2) is 4.98 Å². The van der Waals surface area contributed by atoms with E-state index in [-0.39, 0.29) is 0 Å². The summed E-state index contributed by atoms with van der Waals surface area (Å²) in [7, 11) is 0. The summed E-state index contributed by atoms with van der Waals surface area (Å²) in [5.74, 6) is 1.79. The molecule has 1 aromatic heterocycles. The molecule has 2 atom stereocenters. The fourth-order valence-electron chi connectivity index (χ4n) is 3.08. The summed E-state index contributed by atoms with van der Waals surface area (Å²) in [6.07, 6.45) is 2.46. The van der Waals surface area contributed by atoms with Crippen molar-refractivity contribution in [3.05, 3.63) is 29.0 Å². The highest BCUT2D eigenvalue weighted by molar-refractivity contribution is 6.35. The minimum absolute atomic E-state index is 0.332. The monoisotopic (exact) mass is 312 g/mol. The van der Waals surface area contributed by atoms with Gasteiger partial charge in [-0.15, -0.1) is 11.6 Å². The number of fused-ring (bicyclic) bond motifs is 1. The van der Waals surface area contributed by atoms with Crippen molar-refractivity contribution < 1.29 is 4.74 Å². The van der Waals surface area contributed by atoms with Crippen LogP contribution in [0.2, 0.25) is 5.02 Å². The van der Waals surface area contributed by atoms with Gasteiger partial charge in [0.15, 0.2) is 0 Å². The number of imidazole rings is 1. The second-order valence-corrected chi connectivity index (χ2v) is 5.92. The molecule has 1 aliphatic heterocycles. The van der Waals surface area contributed by atoms with Gasteiger partial charge < -0.3 is 9.30 Å². The number of hydrogen-bond acceptors (Lipinski definition) is 2. The van der Waals surface area contributed by atoms with E-state index in [9.17, 15) is 0 Å². The van der Waals surface area contributed by atoms with Crippen LogP contribution < -0.4 is 0 Å². The Bertz CT molecular complexity index is 611. The smallest absolute Gasteiger partial charge is 0.124 e. The number of benzene rings is 1. The Kier molecular flexibility index (Phi) is 4.20. The van der Waals surface area contributed by atoms with Crippen LogP contribution in [0.3, 0.4) is 0 Å². The molecule has 20 heavy (non-hydrogen) atoms. The topological polar surface area (TPSA) is 27.1 Å². The van der Waals surface area contributed by atoms with Gasteiger partial charge in [0.1, 0.15) is 5.82 Å². The second kappa shape index (κ2) is 5.92. The summed E-state index contributed by atoms with van der Waals surface area (Å²) in [4.78, 5) is 4.59. The first-order valence-electron chi connectivity index (χ1n) is 7.05. The average molecular weight is 313 g/mol. The number of aromatic nitrogens is 2. The normalized spacial score (nSPS) is 22.8. The highest BCUT2D eigenvalue weighted by atomic mass is 35.5. The predicted molar refractivity (Wildman–Crippen MR) is 82.4 cm³/mol. The molecule has 3 nitrogen and oxygen atoms in total. The van der Waals surface area contributed by atoms with Crippen molar-refractivity contribution in [2.75, 3.05) is 6.61 Å². The molecule has 0 bridgehead atoms. The van der Waals surface area contributed by atoms with E-state index in [0.717, 1.165) is 47.9 Å². The second-order valence-electron chi connectivity index (χ2n) is 5.25. The summed E-state index contributed by atoms with van der Waals surface area (Å²) in [5.41, 5.74) is 1.91. The zero-order valence-electron chi connectivity index (χ0n) is 11.5. The van der Waals surface area contributed by atoms with Crippen LogP contribution in [0.1, 0.15) is 25.6 Å². The molecular weight excluding hydrogens is 295 g/mol. The van der Waals surface area contributed by atoms with E-state index in [2.05, 4.69) is 16.5 Å². The third kappa shape index (κ3) is 2.43. The standard InChI is InChI=1S/C15H18Cl2N2O/c1-2-13-10(6-7-20-13)9-19-14(8-16)18-12-5-3-4-11(17)15(12)19/h3-5,10,13H,2,6-9H2,1H3. The number of ether oxygens (including phenoxy) is 1. The van der Waals surface area contributed by atoms with Gasteiger partial charge in [-0.3, -0.25) is 0 Å². The number of para-hydroxylation sites is 1. The van der Waals surface area contributed by atoms with E-state index in [1.54, 1.807) is 0 Å². The Morgan fingerprint density at radius 1 is 1.45 bits per heavy atom. The van der Waals surface area contributed by atoms with Gasteiger partial charge in [0, 0.05) is 19.1 Å². The van der Waals surface area contributed by atoms with Crippen molar-refractivity contribution in [3.8, 4) is 0 Å². The number of hydrogen-bond donors (Lipinski definition) is 0. The first kappa shape index (κ1) is 14.2.